The molecule has 3 nitrogen and oxygen atoms in total. The largest absolute Gasteiger partial charge is 0.303 e. The smallest absolute Gasteiger partial charge is 0.0906 e. The molecule has 1 saturated heterocycles. The van der Waals surface area contributed by atoms with Crippen LogP contribution in [0.2, 0.25) is 10.0 Å². The number of H-pyrrole nitrogens is 1. The lowest BCUT2D eigenvalue weighted by Gasteiger charge is -2.19. The van der Waals surface area contributed by atoms with Crippen LogP contribution in [0.15, 0.2) is 73.1 Å². The summed E-state index contributed by atoms with van der Waals surface area (Å²) in [4.78, 5) is 2.41. The van der Waals surface area contributed by atoms with E-state index in [0.717, 1.165) is 56.4 Å². The third-order valence-corrected chi connectivity index (χ3v) is 8.93. The Morgan fingerprint density at radius 2 is 1.75 bits per heavy atom. The van der Waals surface area contributed by atoms with Crippen molar-refractivity contribution in [3.05, 3.63) is 111 Å². The molecule has 1 N–H and O–H groups in total. The molecule has 206 valence electrons. The van der Waals surface area contributed by atoms with Gasteiger partial charge in [-0.1, -0.05) is 71.7 Å². The summed E-state index contributed by atoms with van der Waals surface area (Å²) in [6.07, 6.45) is 9.67. The quantitative estimate of drug-likeness (QED) is 0.228. The number of aromatic amines is 1. The van der Waals surface area contributed by atoms with Crippen molar-refractivity contribution in [3.8, 4) is 11.1 Å². The summed E-state index contributed by atoms with van der Waals surface area (Å²) in [5.41, 5.74) is 11.0. The summed E-state index contributed by atoms with van der Waals surface area (Å²) in [7, 11) is 0. The molecule has 6 heteroatoms. The van der Waals surface area contributed by atoms with Crippen molar-refractivity contribution in [2.75, 3.05) is 26.3 Å². The van der Waals surface area contributed by atoms with Crippen LogP contribution in [0.5, 0.6) is 0 Å². The van der Waals surface area contributed by atoms with Gasteiger partial charge < -0.3 is 4.90 Å². The van der Waals surface area contributed by atoms with Gasteiger partial charge in [0.05, 0.1) is 12.9 Å². The molecule has 0 radical (unpaired) electrons. The van der Waals surface area contributed by atoms with E-state index in [-0.39, 0.29) is 6.67 Å². The van der Waals surface area contributed by atoms with E-state index in [4.69, 9.17) is 23.2 Å². The van der Waals surface area contributed by atoms with Crippen LogP contribution in [0.3, 0.4) is 0 Å². The van der Waals surface area contributed by atoms with Gasteiger partial charge >= 0.3 is 0 Å². The first kappa shape index (κ1) is 27.3. The predicted molar refractivity (Wildman–Crippen MR) is 165 cm³/mol. The van der Waals surface area contributed by atoms with Gasteiger partial charge in [0, 0.05) is 34.9 Å². The molecule has 0 amide bonds. The van der Waals surface area contributed by atoms with Gasteiger partial charge in [0.1, 0.15) is 0 Å². The predicted octanol–water partition coefficient (Wildman–Crippen LogP) is 8.90. The Hall–Kier alpha value is -2.92. The Bertz CT molecular complexity index is 1490. The van der Waals surface area contributed by atoms with Crippen LogP contribution in [0, 0.1) is 5.92 Å². The number of rotatable bonds is 8. The number of benzene rings is 3. The molecule has 6 rings (SSSR count). The number of hydrogen-bond acceptors (Lipinski definition) is 2. The topological polar surface area (TPSA) is 31.9 Å². The molecule has 1 atom stereocenters. The molecule has 0 bridgehead atoms. The molecule has 1 fully saturated rings. The lowest BCUT2D eigenvalue weighted by atomic mass is 9.86. The molecule has 1 aliphatic carbocycles. The number of halogens is 3. The molecule has 0 unspecified atom stereocenters. The molecular formula is C34H34Cl2FN3. The molecule has 4 aromatic rings. The Morgan fingerprint density at radius 3 is 2.52 bits per heavy atom. The standard InChI is InChI=1S/C34H34Cl2FN3/c35-29-10-12-31(33(36)19-29)32-4-1-3-27-18-26(28-20-38-39-21-28)9-11-30(27)34(32)25-7-5-23(6-8-25)17-24-13-16-40(22-24)15-2-14-37/h5-12,18-21,24H,1-4,13-17,22H2,(H,38,39)/t24-/m1/s1. The summed E-state index contributed by atoms with van der Waals surface area (Å²) < 4.78 is 12.6. The zero-order valence-corrected chi connectivity index (χ0v) is 24.1. The van der Waals surface area contributed by atoms with Crippen LogP contribution in [0.4, 0.5) is 4.39 Å². The number of aryl methyl sites for hydroxylation is 1. The van der Waals surface area contributed by atoms with Crippen LogP contribution in [0.1, 0.15) is 53.5 Å². The normalized spacial score (nSPS) is 17.7. The average Bonchev–Trinajstić information content (AvgIpc) is 3.62. The lowest BCUT2D eigenvalue weighted by Crippen LogP contribution is -2.22. The van der Waals surface area contributed by atoms with Crippen LogP contribution in [0.25, 0.3) is 22.3 Å². The maximum absolute atomic E-state index is 12.6. The number of aromatic nitrogens is 2. The number of nitrogens with one attached hydrogen (secondary N) is 1. The molecule has 2 aliphatic rings. The number of allylic oxidation sites excluding steroid dienone is 1. The highest BCUT2D eigenvalue weighted by atomic mass is 35.5. The third kappa shape index (κ3) is 5.90. The minimum atomic E-state index is -0.227. The first-order valence-corrected chi connectivity index (χ1v) is 15.0. The monoisotopic (exact) mass is 573 g/mol. The fraction of sp³-hybridized carbons (Fsp3) is 0.324. The second-order valence-corrected chi connectivity index (χ2v) is 11.9. The number of hydrogen-bond donors (Lipinski definition) is 1. The second kappa shape index (κ2) is 12.3. The number of alkyl halides is 1. The van der Waals surface area contributed by atoms with E-state index in [1.165, 1.54) is 45.4 Å². The summed E-state index contributed by atoms with van der Waals surface area (Å²) in [6, 6.07) is 21.8. The van der Waals surface area contributed by atoms with Crippen molar-refractivity contribution < 1.29 is 4.39 Å². The van der Waals surface area contributed by atoms with Crippen molar-refractivity contribution in [1.82, 2.24) is 15.1 Å². The zero-order chi connectivity index (χ0) is 27.5. The van der Waals surface area contributed by atoms with Gasteiger partial charge in [0.15, 0.2) is 0 Å². The molecule has 0 saturated carbocycles. The van der Waals surface area contributed by atoms with E-state index < -0.39 is 0 Å². The third-order valence-electron chi connectivity index (χ3n) is 8.38. The van der Waals surface area contributed by atoms with Gasteiger partial charge in [-0.15, -0.1) is 0 Å². The van der Waals surface area contributed by atoms with E-state index in [1.54, 1.807) is 0 Å². The summed E-state index contributed by atoms with van der Waals surface area (Å²) in [5.74, 6) is 0.632. The lowest BCUT2D eigenvalue weighted by molar-refractivity contribution is 0.301. The van der Waals surface area contributed by atoms with Gasteiger partial charge in [-0.2, -0.15) is 5.10 Å². The van der Waals surface area contributed by atoms with Gasteiger partial charge in [0.25, 0.3) is 0 Å². The zero-order valence-electron chi connectivity index (χ0n) is 22.6. The molecule has 1 aliphatic heterocycles. The van der Waals surface area contributed by atoms with Crippen LogP contribution < -0.4 is 0 Å². The van der Waals surface area contributed by atoms with Crippen molar-refractivity contribution in [1.29, 1.82) is 0 Å². The second-order valence-electron chi connectivity index (χ2n) is 11.1. The van der Waals surface area contributed by atoms with Gasteiger partial charge in [-0.25, -0.2) is 0 Å². The highest BCUT2D eigenvalue weighted by molar-refractivity contribution is 6.36. The Balaban J connectivity index is 1.36. The molecule has 1 aromatic heterocycles. The molecule has 2 heterocycles. The highest BCUT2D eigenvalue weighted by Crippen LogP contribution is 2.43. The van der Waals surface area contributed by atoms with Crippen molar-refractivity contribution in [2.24, 2.45) is 5.92 Å². The fourth-order valence-corrected chi connectivity index (χ4v) is 6.94. The summed E-state index contributed by atoms with van der Waals surface area (Å²) >= 11 is 13.1. The maximum Gasteiger partial charge on any atom is 0.0906 e. The summed E-state index contributed by atoms with van der Waals surface area (Å²) in [5, 5.41) is 8.41. The van der Waals surface area contributed by atoms with E-state index in [0.29, 0.717) is 22.4 Å². The SMILES string of the molecule is FCCCN1CC[C@H](Cc2ccc(C3=C(c4ccc(Cl)cc4Cl)CCCc4cc(-c5cn[nH]c5)ccc43)cc2)C1. The average molecular weight is 575 g/mol. The van der Waals surface area contributed by atoms with E-state index in [1.807, 2.05) is 24.5 Å². The number of nitrogens with zero attached hydrogens (tertiary/aromatic N) is 2. The van der Waals surface area contributed by atoms with Gasteiger partial charge in [0.2, 0.25) is 0 Å². The van der Waals surface area contributed by atoms with Crippen molar-refractivity contribution in [2.45, 2.75) is 38.5 Å². The first-order valence-electron chi connectivity index (χ1n) is 14.3. The van der Waals surface area contributed by atoms with Gasteiger partial charge in [-0.05, 0) is 108 Å². The van der Waals surface area contributed by atoms with Gasteiger partial charge in [-0.3, -0.25) is 9.49 Å². The fourth-order valence-electron chi connectivity index (χ4n) is 6.42. The highest BCUT2D eigenvalue weighted by Gasteiger charge is 2.24. The van der Waals surface area contributed by atoms with E-state index >= 15 is 0 Å². The van der Waals surface area contributed by atoms with Crippen LogP contribution >= 0.6 is 23.2 Å². The van der Waals surface area contributed by atoms with Crippen LogP contribution in [-0.4, -0.2) is 41.4 Å². The Morgan fingerprint density at radius 1 is 0.925 bits per heavy atom. The number of fused-ring (bicyclic) bond motifs is 1. The molecule has 0 spiro atoms. The first-order chi connectivity index (χ1) is 19.6. The molecule has 3 aromatic carbocycles. The van der Waals surface area contributed by atoms with Crippen molar-refractivity contribution >= 4 is 34.3 Å². The van der Waals surface area contributed by atoms with E-state index in [2.05, 4.69) is 63.6 Å². The molecule has 40 heavy (non-hydrogen) atoms. The van der Waals surface area contributed by atoms with Crippen molar-refractivity contribution in [3.63, 3.8) is 0 Å². The minimum absolute atomic E-state index is 0.227. The molecular weight excluding hydrogens is 540 g/mol. The minimum Gasteiger partial charge on any atom is -0.303 e. The van der Waals surface area contributed by atoms with E-state index in [9.17, 15) is 4.39 Å². The Kier molecular flexibility index (Phi) is 8.38. The summed E-state index contributed by atoms with van der Waals surface area (Å²) in [6.45, 7) is 2.80. The Labute approximate surface area is 246 Å². The number of likely N-dealkylation sites (tertiary alicyclic amines) is 1. The van der Waals surface area contributed by atoms with Crippen LogP contribution in [-0.2, 0) is 12.8 Å². The maximum atomic E-state index is 12.6.